The molecule has 0 heterocycles. The first-order valence-corrected chi connectivity index (χ1v) is 16.5. The van der Waals surface area contributed by atoms with E-state index in [1.807, 2.05) is 19.1 Å². The molecule has 8 heteroatoms. The summed E-state index contributed by atoms with van der Waals surface area (Å²) in [4.78, 5) is 6.82. The summed E-state index contributed by atoms with van der Waals surface area (Å²) < 4.78 is 5.35. The van der Waals surface area contributed by atoms with Gasteiger partial charge in [-0.2, -0.15) is 0 Å². The lowest BCUT2D eigenvalue weighted by molar-refractivity contribution is 0.173. The Bertz CT molecular complexity index is 1330. The van der Waals surface area contributed by atoms with Crippen LogP contribution in [0.25, 0.3) is 0 Å². The second kappa shape index (κ2) is 20.1. The normalized spacial score (nSPS) is 15.2. The fraction of sp³-hybridized carbons (Fsp3) is 0.486. The van der Waals surface area contributed by atoms with Crippen LogP contribution in [0.3, 0.4) is 0 Å². The quantitative estimate of drug-likeness (QED) is 0.123. The molecule has 7 nitrogen and oxygen atoms in total. The molecule has 2 unspecified atom stereocenters. The highest BCUT2D eigenvalue weighted by atomic mass is 35.5. The third-order valence-electron chi connectivity index (χ3n) is 7.65. The van der Waals surface area contributed by atoms with Gasteiger partial charge in [-0.1, -0.05) is 73.9 Å². The number of anilines is 1. The third kappa shape index (κ3) is 13.4. The summed E-state index contributed by atoms with van der Waals surface area (Å²) >= 11 is 6.45. The van der Waals surface area contributed by atoms with Gasteiger partial charge in [0.2, 0.25) is 0 Å². The number of methoxy groups -OCH3 is 1. The third-order valence-corrected chi connectivity index (χ3v) is 7.98. The van der Waals surface area contributed by atoms with Crippen molar-refractivity contribution in [2.45, 2.75) is 85.9 Å². The molecule has 1 aliphatic carbocycles. The molecule has 1 aliphatic rings. The van der Waals surface area contributed by atoms with Gasteiger partial charge in [-0.15, -0.1) is 0 Å². The highest BCUT2D eigenvalue weighted by Crippen LogP contribution is 2.29. The topological polar surface area (TPSA) is 81.2 Å². The van der Waals surface area contributed by atoms with Crippen LogP contribution >= 0.6 is 11.6 Å². The first-order chi connectivity index (χ1) is 21.5. The molecular weight excluding hydrogens is 582 g/mol. The molecule has 0 saturated carbocycles. The van der Waals surface area contributed by atoms with Crippen LogP contribution in [-0.4, -0.2) is 56.4 Å². The average Bonchev–Trinajstić information content (AvgIpc) is 3.01. The van der Waals surface area contributed by atoms with Gasteiger partial charge in [0, 0.05) is 30.9 Å². The van der Waals surface area contributed by atoms with Crippen molar-refractivity contribution in [1.29, 1.82) is 0 Å². The van der Waals surface area contributed by atoms with E-state index in [1.54, 1.807) is 13.2 Å². The summed E-state index contributed by atoms with van der Waals surface area (Å²) in [6, 6.07) is 14.6. The van der Waals surface area contributed by atoms with Gasteiger partial charge in [-0.25, -0.2) is 4.99 Å². The number of amidine groups is 1. The van der Waals surface area contributed by atoms with Crippen LogP contribution in [0.4, 0.5) is 5.69 Å². The number of aryl methyl sites for hydroxylation is 1. The van der Waals surface area contributed by atoms with E-state index >= 15 is 0 Å². The second-order valence-corrected chi connectivity index (χ2v) is 12.2. The van der Waals surface area contributed by atoms with Crippen molar-refractivity contribution in [2.75, 3.05) is 39.6 Å². The number of rotatable bonds is 14. The minimum atomic E-state index is -0.784. The van der Waals surface area contributed by atoms with E-state index in [0.717, 1.165) is 61.4 Å². The van der Waals surface area contributed by atoms with Gasteiger partial charge >= 0.3 is 0 Å². The van der Waals surface area contributed by atoms with Gasteiger partial charge in [0.05, 0.1) is 23.5 Å². The number of hydrogen-bond acceptors (Lipinski definition) is 6. The van der Waals surface area contributed by atoms with Crippen molar-refractivity contribution >= 4 is 23.1 Å². The number of nitrogens with zero attached hydrogens (tertiary/aromatic N) is 2. The van der Waals surface area contributed by atoms with Crippen LogP contribution < -0.4 is 20.7 Å². The van der Waals surface area contributed by atoms with E-state index in [9.17, 15) is 5.11 Å². The minimum absolute atomic E-state index is 0.435. The summed E-state index contributed by atoms with van der Waals surface area (Å²) in [7, 11) is 5.82. The molecule has 4 N–H and O–H groups in total. The number of ether oxygens (including phenoxy) is 1. The Labute approximate surface area is 277 Å². The monoisotopic (exact) mass is 637 g/mol. The fourth-order valence-electron chi connectivity index (χ4n) is 4.68. The van der Waals surface area contributed by atoms with Crippen molar-refractivity contribution < 1.29 is 9.84 Å². The predicted molar refractivity (Wildman–Crippen MR) is 193 cm³/mol. The molecule has 0 spiro atoms. The van der Waals surface area contributed by atoms with E-state index in [-0.39, 0.29) is 0 Å². The van der Waals surface area contributed by atoms with E-state index in [4.69, 9.17) is 16.3 Å². The van der Waals surface area contributed by atoms with Gasteiger partial charge in [-0.05, 0) is 96.3 Å². The summed E-state index contributed by atoms with van der Waals surface area (Å²) in [5.74, 6) is 1.32. The van der Waals surface area contributed by atoms with E-state index < -0.39 is 6.23 Å². The second-order valence-electron chi connectivity index (χ2n) is 11.8. The average molecular weight is 638 g/mol. The Morgan fingerprint density at radius 1 is 1.07 bits per heavy atom. The summed E-state index contributed by atoms with van der Waals surface area (Å²) in [5, 5.41) is 21.5. The van der Waals surface area contributed by atoms with E-state index in [0.29, 0.717) is 29.1 Å². The van der Waals surface area contributed by atoms with Crippen molar-refractivity contribution in [2.24, 2.45) is 4.99 Å². The van der Waals surface area contributed by atoms with Gasteiger partial charge < -0.3 is 30.7 Å². The number of aliphatic hydroxyl groups excluding tert-OH is 1. The van der Waals surface area contributed by atoms with Crippen LogP contribution in [0, 0.1) is 6.92 Å². The maximum Gasteiger partial charge on any atom is 0.152 e. The maximum absolute atomic E-state index is 10.5. The molecule has 45 heavy (non-hydrogen) atoms. The molecule has 0 amide bonds. The number of benzene rings is 2. The Kier molecular flexibility index (Phi) is 17.0. The molecule has 0 radical (unpaired) electrons. The summed E-state index contributed by atoms with van der Waals surface area (Å²) in [5.41, 5.74) is 7.52. The van der Waals surface area contributed by atoms with Crippen LogP contribution in [0.1, 0.15) is 83.9 Å². The molecule has 0 aliphatic heterocycles. The molecule has 0 aromatic heterocycles. The Morgan fingerprint density at radius 3 is 2.42 bits per heavy atom. The zero-order valence-electron chi connectivity index (χ0n) is 28.9. The first kappa shape index (κ1) is 38.1. The van der Waals surface area contributed by atoms with Crippen LogP contribution in [0.15, 0.2) is 82.1 Å². The number of hydrogen-bond donors (Lipinski definition) is 4. The number of aliphatic imine (C=N–C) groups is 1. The smallest absolute Gasteiger partial charge is 0.152 e. The lowest BCUT2D eigenvalue weighted by Crippen LogP contribution is -2.31. The molecule has 0 bridgehead atoms. The van der Waals surface area contributed by atoms with Crippen LogP contribution in [0.5, 0.6) is 5.75 Å². The Morgan fingerprint density at radius 2 is 1.80 bits per heavy atom. The largest absolute Gasteiger partial charge is 0.497 e. The SMILES string of the molecule is CCCC(O)/N=C(/NC1=CCCC=C1C)C(Nc1cc(OC)ccc1Cl)=C(C)CC.Cc1cccc(C(C)NCCN(C)C)c1. The maximum atomic E-state index is 10.5. The Balaban J connectivity index is 0.000000394. The predicted octanol–water partition coefficient (Wildman–Crippen LogP) is 8.38. The standard InChI is InChI=1S/C24H34ClN3O2.C13H22N2/c1-6-10-22(29)28-24(27-20-12-9-8-11-17(20)4)23(16(3)7-2)26-21-15-18(30-5)13-14-19(21)25;1-11-6-5-7-13(10-11)12(2)14-8-9-15(3)4/h11-15,22,26,29H,6-10H2,1-5H3,(H,27,28);5-7,10,12,14H,8-9H2,1-4H3. The fourth-order valence-corrected chi connectivity index (χ4v) is 4.84. The van der Waals surface area contributed by atoms with Crippen LogP contribution in [-0.2, 0) is 0 Å². The molecule has 2 aromatic rings. The molecular formula is C37H56ClN5O2. The molecule has 2 atom stereocenters. The molecule has 0 fully saturated rings. The zero-order chi connectivity index (χ0) is 33.4. The van der Waals surface area contributed by atoms with Crippen molar-refractivity contribution in [1.82, 2.24) is 15.5 Å². The minimum Gasteiger partial charge on any atom is -0.497 e. The van der Waals surface area contributed by atoms with E-state index in [2.05, 4.69) is 111 Å². The van der Waals surface area contributed by atoms with E-state index in [1.165, 1.54) is 16.7 Å². The van der Waals surface area contributed by atoms with Crippen molar-refractivity contribution in [3.05, 3.63) is 93.3 Å². The highest BCUT2D eigenvalue weighted by molar-refractivity contribution is 6.33. The number of halogens is 1. The van der Waals surface area contributed by atoms with Gasteiger partial charge in [0.15, 0.2) is 5.84 Å². The van der Waals surface area contributed by atoms with Gasteiger partial charge in [0.25, 0.3) is 0 Å². The molecule has 0 saturated heterocycles. The number of aliphatic hydroxyl groups is 1. The Hall–Kier alpha value is -3.10. The molecule has 3 rings (SSSR count). The number of likely N-dealkylation sites (N-methyl/N-ethyl adjacent to an activating group) is 1. The first-order valence-electron chi connectivity index (χ1n) is 16.1. The van der Waals surface area contributed by atoms with Gasteiger partial charge in [-0.3, -0.25) is 0 Å². The highest BCUT2D eigenvalue weighted by Gasteiger charge is 2.18. The zero-order valence-corrected chi connectivity index (χ0v) is 29.7. The van der Waals surface area contributed by atoms with Crippen molar-refractivity contribution in [3.8, 4) is 5.75 Å². The number of nitrogens with one attached hydrogen (secondary N) is 3. The molecule has 2 aromatic carbocycles. The number of allylic oxidation sites excluding steroid dienone is 4. The van der Waals surface area contributed by atoms with Crippen LogP contribution in [0.2, 0.25) is 5.02 Å². The lowest BCUT2D eigenvalue weighted by atomic mass is 10.0. The van der Waals surface area contributed by atoms with Gasteiger partial charge in [0.1, 0.15) is 12.0 Å². The summed E-state index contributed by atoms with van der Waals surface area (Å²) in [6.45, 7) is 14.7. The lowest BCUT2D eigenvalue weighted by Gasteiger charge is -2.23. The molecule has 248 valence electrons. The van der Waals surface area contributed by atoms with Crippen molar-refractivity contribution in [3.63, 3.8) is 0 Å². The summed E-state index contributed by atoms with van der Waals surface area (Å²) in [6.07, 6.45) is 7.88.